The van der Waals surface area contributed by atoms with Crippen LogP contribution >= 0.6 is 0 Å². The molecule has 0 spiro atoms. The van der Waals surface area contributed by atoms with E-state index in [4.69, 9.17) is 56.8 Å². The molecule has 25 heteroatoms. The summed E-state index contributed by atoms with van der Waals surface area (Å²) in [6.07, 6.45) is 28.0. The minimum Gasteiger partial charge on any atom is -0.463 e. The number of carbonyl (C=O) groups excluding carboxylic acids is 4. The monoisotopic (exact) mass is 1610 g/mol. The number of nitrogens with zero attached hydrogens (tertiary/aromatic N) is 3. The van der Waals surface area contributed by atoms with Crippen LogP contribution in [0.1, 0.15) is 207 Å². The number of rotatable bonds is 74. The van der Waals surface area contributed by atoms with Crippen LogP contribution < -0.4 is 0 Å². The van der Waals surface area contributed by atoms with E-state index in [0.29, 0.717) is 112 Å². The van der Waals surface area contributed by atoms with Crippen molar-refractivity contribution in [1.82, 2.24) is 14.7 Å². The third-order valence-electron chi connectivity index (χ3n) is 15.9. The van der Waals surface area contributed by atoms with Crippen LogP contribution in [-0.4, -0.2) is 293 Å². The molecule has 0 aliphatic rings. The van der Waals surface area contributed by atoms with Crippen LogP contribution in [0.2, 0.25) is 0 Å². The largest absolute Gasteiger partial charge is 0.463 e. The van der Waals surface area contributed by atoms with Crippen molar-refractivity contribution in [2.45, 2.75) is 239 Å². The van der Waals surface area contributed by atoms with Gasteiger partial charge in [-0.05, 0) is 125 Å². The molecule has 0 bridgehead atoms. The quantitative estimate of drug-likeness (QED) is 0.0145. The van der Waals surface area contributed by atoms with Gasteiger partial charge in [-0.15, -0.1) is 0 Å². The topological polar surface area (TPSA) is 288 Å². The van der Waals surface area contributed by atoms with Crippen LogP contribution in [0.5, 0.6) is 0 Å². The Morgan fingerprint density at radius 3 is 1.08 bits per heavy atom. The lowest BCUT2D eigenvalue weighted by atomic mass is 10.1. The Balaban J connectivity index is -0.000000154. The second-order valence-electron chi connectivity index (χ2n) is 27.1. The summed E-state index contributed by atoms with van der Waals surface area (Å²) in [4.78, 5) is 49.0. The fourth-order valence-electron chi connectivity index (χ4n) is 10.0. The summed E-state index contributed by atoms with van der Waals surface area (Å²) < 4.78 is 75.0. The molecule has 0 fully saturated rings. The Morgan fingerprint density at radius 1 is 0.366 bits per heavy atom. The summed E-state index contributed by atoms with van der Waals surface area (Å²) in [5.74, 6) is -1.61. The van der Waals surface area contributed by atoms with Crippen molar-refractivity contribution < 1.29 is 123 Å². The first-order valence-corrected chi connectivity index (χ1v) is 40.6. The van der Waals surface area contributed by atoms with Crippen molar-refractivity contribution in [2.75, 3.05) is 186 Å². The lowest BCUT2D eigenvalue weighted by Gasteiger charge is -2.28. The molecule has 0 rings (SSSR count). The second kappa shape index (κ2) is 85.7. The highest BCUT2D eigenvalue weighted by atomic mass is 16.6. The molecule has 0 aromatic carbocycles. The molecule has 0 aliphatic carbocycles. The molecule has 0 radical (unpaired) electrons. The Morgan fingerprint density at radius 2 is 0.688 bits per heavy atom. The van der Waals surface area contributed by atoms with Gasteiger partial charge in [0.15, 0.2) is 0 Å². The Kier molecular flexibility index (Phi) is 84.1. The molecule has 0 aromatic rings. The van der Waals surface area contributed by atoms with Gasteiger partial charge < -0.3 is 96.5 Å². The summed E-state index contributed by atoms with van der Waals surface area (Å²) in [6.45, 7) is 36.3. The zero-order valence-electron chi connectivity index (χ0n) is 70.2. The number of esters is 4. The molecular formula is C87H171N3O22. The molecule has 0 saturated heterocycles. The van der Waals surface area contributed by atoms with Crippen molar-refractivity contribution in [2.24, 2.45) is 0 Å². The van der Waals surface area contributed by atoms with E-state index in [0.717, 1.165) is 57.0 Å². The number of hydrogen-bond acceptors (Lipinski definition) is 25. The average Bonchev–Trinajstić information content (AvgIpc) is 0.931. The van der Waals surface area contributed by atoms with Gasteiger partial charge in [0.25, 0.3) is 0 Å². The van der Waals surface area contributed by atoms with Crippen LogP contribution in [0.25, 0.3) is 0 Å². The molecule has 0 saturated carbocycles. The van der Waals surface area contributed by atoms with Crippen molar-refractivity contribution in [3.63, 3.8) is 0 Å². The average molecular weight is 1610 g/mol. The summed E-state index contributed by atoms with van der Waals surface area (Å²) >= 11 is 0. The predicted octanol–water partition coefficient (Wildman–Crippen LogP) is 14.3. The Labute approximate surface area is 691 Å². The first-order valence-electron chi connectivity index (χ1n) is 40.6. The minimum atomic E-state index is -0.752. The van der Waals surface area contributed by atoms with Crippen LogP contribution in [-0.2, 0) is 85.5 Å². The van der Waals surface area contributed by atoms with Crippen LogP contribution in [0, 0.1) is 0 Å². The SMILES string of the molecule is C=C=C=C=C=C=C=C=C=C=C=CN(C)CC(O)COCC(C)OCC(C)OCC(O)CN(CCCCCCCCCCCC)CC(O)COCC(C)OCC(C)OCC(O)CN(C)CCCCCCCCCCCC.C=CC(=O)OCCOCCOCCOC(=O)C=C.C=CC(=O)OCCOCCOCCOC(=O)CCC.[HH].[HH].[HH].[HH].[HH].[HH].[HH].[HH].[HH].[HH].[HH].[HH]. The van der Waals surface area contributed by atoms with E-state index in [2.05, 4.69) is 124 Å². The predicted molar refractivity (Wildman–Crippen MR) is 461 cm³/mol. The fraction of sp³-hybridized carbons (Fsp3) is 0.747. The number of aliphatic hydroxyl groups excluding tert-OH is 4. The number of aliphatic hydroxyl groups is 4. The molecular weight excluding hydrogens is 1440 g/mol. The van der Waals surface area contributed by atoms with Crippen molar-refractivity contribution in [1.29, 1.82) is 0 Å². The number of ether oxygens (including phenoxy) is 14. The van der Waals surface area contributed by atoms with Gasteiger partial charge in [-0.25, -0.2) is 14.4 Å². The summed E-state index contributed by atoms with van der Waals surface area (Å²) in [5.41, 5.74) is 25.7. The van der Waals surface area contributed by atoms with E-state index in [1.54, 1.807) is 18.1 Å². The van der Waals surface area contributed by atoms with Crippen molar-refractivity contribution >= 4 is 23.9 Å². The Hall–Kier alpha value is -6.20. The lowest BCUT2D eigenvalue weighted by molar-refractivity contribution is -0.145. The van der Waals surface area contributed by atoms with Crippen LogP contribution in [0.3, 0.4) is 0 Å². The third-order valence-corrected chi connectivity index (χ3v) is 15.9. The highest BCUT2D eigenvalue weighted by Gasteiger charge is 2.20. The Bertz CT molecular complexity index is 2740. The van der Waals surface area contributed by atoms with Gasteiger partial charge in [0.05, 0.1) is 161 Å². The van der Waals surface area contributed by atoms with Gasteiger partial charge in [-0.1, -0.05) is 162 Å². The van der Waals surface area contributed by atoms with Crippen LogP contribution in [0.15, 0.2) is 108 Å². The van der Waals surface area contributed by atoms with Crippen molar-refractivity contribution in [3.8, 4) is 0 Å². The van der Waals surface area contributed by atoms with E-state index >= 15 is 0 Å². The molecule has 112 heavy (non-hydrogen) atoms. The van der Waals surface area contributed by atoms with E-state index in [1.165, 1.54) is 109 Å². The number of unbranched alkanes of at least 4 members (excludes halogenated alkanes) is 18. The zero-order valence-corrected chi connectivity index (χ0v) is 70.2. The van der Waals surface area contributed by atoms with Gasteiger partial charge in [-0.3, -0.25) is 9.69 Å². The maximum absolute atomic E-state index is 11.1. The van der Waals surface area contributed by atoms with E-state index in [-0.39, 0.29) is 100 Å². The molecule has 25 nitrogen and oxygen atoms in total. The first kappa shape index (κ1) is 110. The molecule has 0 amide bonds. The van der Waals surface area contributed by atoms with Crippen molar-refractivity contribution in [3.05, 3.63) is 108 Å². The van der Waals surface area contributed by atoms with Gasteiger partial charge in [0, 0.05) is 75.0 Å². The maximum Gasteiger partial charge on any atom is 0.330 e. The van der Waals surface area contributed by atoms with Crippen LogP contribution in [0.4, 0.5) is 0 Å². The highest BCUT2D eigenvalue weighted by Crippen LogP contribution is 2.14. The first-order chi connectivity index (χ1) is 54.2. The van der Waals surface area contributed by atoms with E-state index in [9.17, 15) is 39.6 Å². The molecule has 8 unspecified atom stereocenters. The molecule has 4 N–H and O–H groups in total. The smallest absolute Gasteiger partial charge is 0.330 e. The number of likely N-dealkylation sites (N-methyl/N-ethyl adjacent to an activating group) is 2. The third kappa shape index (κ3) is 86.2. The molecule has 0 heterocycles. The molecule has 8 atom stereocenters. The highest BCUT2D eigenvalue weighted by molar-refractivity contribution is 5.81. The second-order valence-corrected chi connectivity index (χ2v) is 27.1. The van der Waals surface area contributed by atoms with E-state index in [1.807, 2.05) is 34.6 Å². The molecule has 0 aliphatic heterocycles. The fourth-order valence-corrected chi connectivity index (χ4v) is 10.0. The van der Waals surface area contributed by atoms with Gasteiger partial charge >= 0.3 is 23.9 Å². The van der Waals surface area contributed by atoms with E-state index < -0.39 is 42.3 Å². The normalized spacial score (nSPS) is 12.8. The minimum absolute atomic E-state index is 0. The number of carbonyl (C=O) groups is 4. The summed E-state index contributed by atoms with van der Waals surface area (Å²) in [7, 11) is 3.87. The standard InChI is InChI=1S/C62H107N3O10.C13H22O6.C12H18O6.12H2/c1-10-13-16-19-22-25-28-31-34-37-40-63(8)43-59(66)51-70-47-55(4)73-50-58(7)75-54-62(69)46-65(42-39-36-33-30-27-24-21-18-15-12-3)45-61(68)52-71-48-56(5)72-49-57(6)74-53-60(67)44-64(9)41-38-35-32-29-26-23-20-17-14-11-2;1-3-5-13(15)19-11-9-17-7-6-16-8-10-18-12(14)4-2;1-3-11(13)17-9-7-15-5-6-16-8-10-18-12(14)4-2;;;;;;;;;;;;/h40,55-62,66-69H,1,11-12,14-15,17-18,20-21,23-24,26-27,29-30,32-33,35-36,38-39,41-54H2,2-9H3;4H,2-3,5-11H2,1H3;3-4H,1-2,5-10H2;12*1H. The lowest BCUT2D eigenvalue weighted by Crippen LogP contribution is -2.42. The van der Waals surface area contributed by atoms with Gasteiger partial charge in [-0.2, -0.15) is 0 Å². The zero-order chi connectivity index (χ0) is 83.4. The molecule has 666 valence electrons. The van der Waals surface area contributed by atoms with Gasteiger partial charge in [0.1, 0.15) is 26.4 Å². The summed E-state index contributed by atoms with van der Waals surface area (Å²) in [6, 6.07) is 0. The molecule has 0 aromatic heterocycles. The number of hydrogen-bond donors (Lipinski definition) is 4. The van der Waals surface area contributed by atoms with Gasteiger partial charge in [0.2, 0.25) is 0 Å². The maximum atomic E-state index is 11.1. The summed E-state index contributed by atoms with van der Waals surface area (Å²) in [5, 5.41) is 43.1.